The first-order valence-electron chi connectivity index (χ1n) is 11.3. The molecule has 3 saturated carbocycles. The summed E-state index contributed by atoms with van der Waals surface area (Å²) in [6.45, 7) is 6.36. The fourth-order valence-electron chi connectivity index (χ4n) is 8.24. The van der Waals surface area contributed by atoms with Gasteiger partial charge in [0.2, 0.25) is 0 Å². The summed E-state index contributed by atoms with van der Waals surface area (Å²) in [6, 6.07) is 0. The molecule has 0 aromatic carbocycles. The average Bonchev–Trinajstić information content (AvgIpc) is 3.17. The summed E-state index contributed by atoms with van der Waals surface area (Å²) in [5.41, 5.74) is 1.05. The fourth-order valence-corrected chi connectivity index (χ4v) is 9.46. The Labute approximate surface area is 177 Å². The van der Waals surface area contributed by atoms with E-state index in [4.69, 9.17) is 4.74 Å². The second-order valence-electron chi connectivity index (χ2n) is 10.6. The molecule has 5 aliphatic rings. The zero-order chi connectivity index (χ0) is 20.6. The van der Waals surface area contributed by atoms with Crippen molar-refractivity contribution in [1.82, 2.24) is 0 Å². The van der Waals surface area contributed by atoms with Crippen LogP contribution in [0.4, 0.5) is 0 Å². The number of fused-ring (bicyclic) bond motifs is 6. The van der Waals surface area contributed by atoms with Gasteiger partial charge in [0.15, 0.2) is 10.9 Å². The summed E-state index contributed by atoms with van der Waals surface area (Å²) in [6.07, 6.45) is 10.3. The third-order valence-corrected chi connectivity index (χ3v) is 10.9. The second-order valence-corrected chi connectivity index (χ2v) is 12.0. The molecule has 1 saturated heterocycles. The van der Waals surface area contributed by atoms with Gasteiger partial charge in [0.1, 0.15) is 5.60 Å². The van der Waals surface area contributed by atoms with Gasteiger partial charge in [0.25, 0.3) is 0 Å². The highest BCUT2D eigenvalue weighted by molar-refractivity contribution is 8.14. The first-order valence-corrected chi connectivity index (χ1v) is 12.2. The minimum absolute atomic E-state index is 0.0152. The van der Waals surface area contributed by atoms with Gasteiger partial charge in [0.05, 0.1) is 0 Å². The lowest BCUT2D eigenvalue weighted by Gasteiger charge is -2.60. The van der Waals surface area contributed by atoms with Crippen molar-refractivity contribution in [2.75, 3.05) is 0 Å². The van der Waals surface area contributed by atoms with Crippen molar-refractivity contribution >= 4 is 28.6 Å². The minimum Gasteiger partial charge on any atom is -0.458 e. The van der Waals surface area contributed by atoms with E-state index in [1.807, 2.05) is 6.08 Å². The molecular weight excluding hydrogens is 384 g/mol. The van der Waals surface area contributed by atoms with E-state index in [2.05, 4.69) is 13.8 Å². The van der Waals surface area contributed by atoms with Gasteiger partial charge < -0.3 is 4.74 Å². The van der Waals surface area contributed by atoms with Crippen LogP contribution in [0.1, 0.15) is 78.6 Å². The number of carbonyl (C=O) groups excluding carboxylic acids is 3. The highest BCUT2D eigenvalue weighted by Gasteiger charge is 2.67. The molecule has 4 nitrogen and oxygen atoms in total. The van der Waals surface area contributed by atoms with E-state index in [9.17, 15) is 14.4 Å². The molecule has 1 spiro atoms. The van der Waals surface area contributed by atoms with Crippen LogP contribution in [0.2, 0.25) is 0 Å². The summed E-state index contributed by atoms with van der Waals surface area (Å²) in [5, 5.41) is 0.176. The van der Waals surface area contributed by atoms with Crippen molar-refractivity contribution < 1.29 is 19.1 Å². The van der Waals surface area contributed by atoms with E-state index in [1.54, 1.807) is 6.92 Å². The van der Waals surface area contributed by atoms with E-state index in [0.717, 1.165) is 44.9 Å². The summed E-state index contributed by atoms with van der Waals surface area (Å²) in [7, 11) is 0. The minimum atomic E-state index is -0.243. The van der Waals surface area contributed by atoms with Gasteiger partial charge in [-0.25, -0.2) is 0 Å². The van der Waals surface area contributed by atoms with Crippen molar-refractivity contribution in [1.29, 1.82) is 0 Å². The lowest BCUT2D eigenvalue weighted by Crippen LogP contribution is -2.57. The number of hydrogen-bond donors (Lipinski definition) is 0. The molecule has 158 valence electrons. The van der Waals surface area contributed by atoms with Crippen molar-refractivity contribution in [2.24, 2.45) is 28.6 Å². The maximum Gasteiger partial charge on any atom is 0.306 e. The quantitative estimate of drug-likeness (QED) is 0.572. The van der Waals surface area contributed by atoms with Crippen LogP contribution in [0, 0.1) is 28.6 Å². The number of esters is 1. The van der Waals surface area contributed by atoms with Gasteiger partial charge in [-0.3, -0.25) is 14.4 Å². The van der Waals surface area contributed by atoms with E-state index in [-0.39, 0.29) is 38.5 Å². The van der Waals surface area contributed by atoms with Gasteiger partial charge in [-0.1, -0.05) is 31.2 Å². The number of rotatable bonds is 1. The molecule has 0 amide bonds. The van der Waals surface area contributed by atoms with Crippen LogP contribution in [0.5, 0.6) is 0 Å². The van der Waals surface area contributed by atoms with Crippen molar-refractivity contribution in [3.05, 3.63) is 11.6 Å². The molecule has 0 N–H and O–H groups in total. The molecule has 0 bridgehead atoms. The van der Waals surface area contributed by atoms with Crippen molar-refractivity contribution in [2.45, 2.75) is 89.4 Å². The van der Waals surface area contributed by atoms with Crippen LogP contribution < -0.4 is 0 Å². The third kappa shape index (κ3) is 2.61. The van der Waals surface area contributed by atoms with Crippen LogP contribution in [0.3, 0.4) is 0 Å². The van der Waals surface area contributed by atoms with Crippen molar-refractivity contribution in [3.8, 4) is 0 Å². The first kappa shape index (κ1) is 19.8. The largest absolute Gasteiger partial charge is 0.458 e. The van der Waals surface area contributed by atoms with Crippen molar-refractivity contribution in [3.63, 3.8) is 0 Å². The highest BCUT2D eigenvalue weighted by Crippen LogP contribution is 2.70. The third-order valence-electron chi connectivity index (χ3n) is 9.68. The summed E-state index contributed by atoms with van der Waals surface area (Å²) >= 11 is 1.39. The normalized spacial score (nSPS) is 48.6. The summed E-state index contributed by atoms with van der Waals surface area (Å²) in [4.78, 5) is 36.4. The topological polar surface area (TPSA) is 60.4 Å². The Hall–Kier alpha value is -1.10. The predicted octanol–water partition coefficient (Wildman–Crippen LogP) is 4.85. The summed E-state index contributed by atoms with van der Waals surface area (Å²) < 4.78 is 6.04. The molecule has 5 heteroatoms. The fraction of sp³-hybridized carbons (Fsp3) is 0.792. The van der Waals surface area contributed by atoms with E-state index in [1.165, 1.54) is 17.3 Å². The van der Waals surface area contributed by atoms with Crippen LogP contribution >= 0.6 is 11.8 Å². The number of thioether (sulfide) groups is 1. The van der Waals surface area contributed by atoms with E-state index in [0.29, 0.717) is 30.6 Å². The van der Waals surface area contributed by atoms with E-state index >= 15 is 0 Å². The van der Waals surface area contributed by atoms with Gasteiger partial charge >= 0.3 is 5.97 Å². The SMILES string of the molecule is CC(=O)SC1CC(=O)C=C2CCC3C4CC[C@@]5(CCC(=O)O5)C4(C)CC[C@@H]3[C@@]21C. The number of hydrogen-bond acceptors (Lipinski definition) is 5. The molecule has 29 heavy (non-hydrogen) atoms. The Morgan fingerprint density at radius 1 is 1.07 bits per heavy atom. The maximum absolute atomic E-state index is 12.4. The molecule has 0 aromatic rings. The Balaban J connectivity index is 1.50. The Morgan fingerprint density at radius 3 is 2.52 bits per heavy atom. The van der Waals surface area contributed by atoms with Gasteiger partial charge in [-0.15, -0.1) is 0 Å². The molecule has 4 fully saturated rings. The molecule has 7 atom stereocenters. The maximum atomic E-state index is 12.4. The monoisotopic (exact) mass is 416 g/mol. The Bertz CT molecular complexity index is 818. The van der Waals surface area contributed by atoms with Crippen LogP contribution in [-0.2, 0) is 19.1 Å². The zero-order valence-corrected chi connectivity index (χ0v) is 18.6. The van der Waals surface area contributed by atoms with Crippen LogP contribution in [0.15, 0.2) is 11.6 Å². The lowest BCUT2D eigenvalue weighted by molar-refractivity contribution is -0.167. The standard InChI is InChI=1S/C24H32O4S/c1-14(25)29-20-13-16(26)12-15-4-5-17-18-7-10-24(11-8-21(27)28-24)22(18,2)9-6-19(17)23(15,20)3/h12,17-20H,4-11,13H2,1-3H3/t17?,18?,19-,20?,22?,23+,24+/m0/s1. The smallest absolute Gasteiger partial charge is 0.306 e. The zero-order valence-electron chi connectivity index (χ0n) is 17.8. The van der Waals surface area contributed by atoms with Crippen LogP contribution in [-0.4, -0.2) is 27.7 Å². The number of allylic oxidation sites excluding steroid dienone is 1. The first-order chi connectivity index (χ1) is 13.7. The molecule has 4 aliphatic carbocycles. The van der Waals surface area contributed by atoms with E-state index < -0.39 is 0 Å². The average molecular weight is 417 g/mol. The van der Waals surface area contributed by atoms with Gasteiger partial charge in [-0.2, -0.15) is 0 Å². The number of ketones is 1. The molecule has 0 radical (unpaired) electrons. The Kier molecular flexibility index (Phi) is 4.41. The number of ether oxygens (including phenoxy) is 1. The molecule has 4 unspecified atom stereocenters. The Morgan fingerprint density at radius 2 is 1.83 bits per heavy atom. The molecular formula is C24H32O4S. The molecule has 0 aromatic heterocycles. The lowest BCUT2D eigenvalue weighted by atomic mass is 9.46. The van der Waals surface area contributed by atoms with Gasteiger partial charge in [-0.05, 0) is 68.8 Å². The van der Waals surface area contributed by atoms with Gasteiger partial charge in [0, 0.05) is 35.8 Å². The molecule has 1 heterocycles. The van der Waals surface area contributed by atoms with Crippen LogP contribution in [0.25, 0.3) is 0 Å². The second kappa shape index (κ2) is 6.45. The molecule has 5 rings (SSSR count). The summed E-state index contributed by atoms with van der Waals surface area (Å²) in [5.74, 6) is 1.85. The predicted molar refractivity (Wildman–Crippen MR) is 112 cm³/mol. The highest BCUT2D eigenvalue weighted by atomic mass is 32.2. The number of carbonyl (C=O) groups is 3. The molecule has 1 aliphatic heterocycles.